The number of nitriles is 1. The van der Waals surface area contributed by atoms with Crippen LogP contribution < -0.4 is 14.2 Å². The van der Waals surface area contributed by atoms with E-state index in [1.165, 1.54) is 7.11 Å². The predicted octanol–water partition coefficient (Wildman–Crippen LogP) is 4.21. The van der Waals surface area contributed by atoms with E-state index in [1.54, 1.807) is 30.3 Å². The summed E-state index contributed by atoms with van der Waals surface area (Å²) in [6, 6.07) is 12.6. The van der Waals surface area contributed by atoms with E-state index in [0.29, 0.717) is 29.2 Å². The van der Waals surface area contributed by atoms with E-state index in [2.05, 4.69) is 0 Å². The van der Waals surface area contributed by atoms with Gasteiger partial charge in [0, 0.05) is 17.5 Å². The number of fused-ring (bicyclic) bond motifs is 1. The van der Waals surface area contributed by atoms with Gasteiger partial charge in [0.25, 0.3) is 0 Å². The number of methoxy groups -OCH3 is 1. The summed E-state index contributed by atoms with van der Waals surface area (Å²) in [5.41, 5.74) is 2.06. The minimum atomic E-state index is -0.396. The molecule has 1 aliphatic heterocycles. The molecule has 0 bridgehead atoms. The first-order valence-electron chi connectivity index (χ1n) is 8.83. The standard InChI is InChI=1S/C22H21NO4/c1-4-26-20-11-15-9-14(2)27-21(15)12-16(20)10-17(13-23)22(24)18-7-5-6-8-19(18)25-3/h5-8,10-12,14H,4,9H2,1-3H3/b17-10+/t14-/m1/s1. The number of allylic oxidation sites excluding steroid dienone is 1. The SMILES string of the molecule is CCOc1cc2c(cc1/C=C(\C#N)C(=O)c1ccccc1OC)O[C@H](C)C2. The molecule has 5 heteroatoms. The number of para-hydroxylation sites is 1. The van der Waals surface area contributed by atoms with Gasteiger partial charge in [-0.3, -0.25) is 4.79 Å². The molecule has 1 aliphatic rings. The van der Waals surface area contributed by atoms with Gasteiger partial charge < -0.3 is 14.2 Å². The van der Waals surface area contributed by atoms with Crippen molar-refractivity contribution < 1.29 is 19.0 Å². The van der Waals surface area contributed by atoms with Gasteiger partial charge in [-0.05, 0) is 44.2 Å². The second-order valence-electron chi connectivity index (χ2n) is 6.26. The zero-order valence-electron chi connectivity index (χ0n) is 15.6. The number of nitrogens with zero attached hydrogens (tertiary/aromatic N) is 1. The summed E-state index contributed by atoms with van der Waals surface area (Å²) in [6.07, 6.45) is 2.45. The molecule has 0 spiro atoms. The van der Waals surface area contributed by atoms with E-state index in [0.717, 1.165) is 17.7 Å². The van der Waals surface area contributed by atoms with Gasteiger partial charge in [0.2, 0.25) is 5.78 Å². The van der Waals surface area contributed by atoms with E-state index in [4.69, 9.17) is 14.2 Å². The number of Topliss-reactive ketones (excluding diaryl/α,β-unsaturated/α-hetero) is 1. The summed E-state index contributed by atoms with van der Waals surface area (Å²) < 4.78 is 16.8. The monoisotopic (exact) mass is 363 g/mol. The molecule has 1 heterocycles. The Bertz CT molecular complexity index is 940. The third kappa shape index (κ3) is 3.80. The fourth-order valence-corrected chi connectivity index (χ4v) is 3.13. The third-order valence-corrected chi connectivity index (χ3v) is 4.34. The molecule has 0 radical (unpaired) electrons. The van der Waals surface area contributed by atoms with Crippen molar-refractivity contribution in [2.75, 3.05) is 13.7 Å². The van der Waals surface area contributed by atoms with Gasteiger partial charge in [-0.1, -0.05) is 12.1 Å². The lowest BCUT2D eigenvalue weighted by Crippen LogP contribution is -2.05. The van der Waals surface area contributed by atoms with Crippen LogP contribution in [0.25, 0.3) is 6.08 Å². The highest BCUT2D eigenvalue weighted by atomic mass is 16.5. The first kappa shape index (κ1) is 18.5. The highest BCUT2D eigenvalue weighted by molar-refractivity contribution is 6.15. The number of hydrogen-bond acceptors (Lipinski definition) is 5. The maximum Gasteiger partial charge on any atom is 0.207 e. The fourth-order valence-electron chi connectivity index (χ4n) is 3.13. The summed E-state index contributed by atoms with van der Waals surface area (Å²) in [7, 11) is 1.49. The third-order valence-electron chi connectivity index (χ3n) is 4.34. The lowest BCUT2D eigenvalue weighted by atomic mass is 9.99. The Morgan fingerprint density at radius 1 is 1.33 bits per heavy atom. The molecule has 0 fully saturated rings. The molecular formula is C22H21NO4. The normalized spacial score (nSPS) is 15.5. The van der Waals surface area contributed by atoms with Crippen LogP contribution in [0.5, 0.6) is 17.2 Å². The molecule has 2 aromatic rings. The number of ether oxygens (including phenoxy) is 3. The highest BCUT2D eigenvalue weighted by Gasteiger charge is 2.23. The van der Waals surface area contributed by atoms with Crippen molar-refractivity contribution in [1.29, 1.82) is 5.26 Å². The maximum absolute atomic E-state index is 12.9. The minimum absolute atomic E-state index is 0.00597. The van der Waals surface area contributed by atoms with Crippen molar-refractivity contribution in [3.05, 3.63) is 58.7 Å². The van der Waals surface area contributed by atoms with Crippen molar-refractivity contribution in [2.24, 2.45) is 0 Å². The molecule has 2 aromatic carbocycles. The van der Waals surface area contributed by atoms with Crippen LogP contribution in [-0.4, -0.2) is 25.6 Å². The number of hydrogen-bond donors (Lipinski definition) is 0. The van der Waals surface area contributed by atoms with Crippen molar-refractivity contribution in [3.63, 3.8) is 0 Å². The van der Waals surface area contributed by atoms with Crippen LogP contribution in [0.1, 0.15) is 35.3 Å². The average molecular weight is 363 g/mol. The van der Waals surface area contributed by atoms with Crippen LogP contribution in [0, 0.1) is 11.3 Å². The minimum Gasteiger partial charge on any atom is -0.496 e. The van der Waals surface area contributed by atoms with Crippen molar-refractivity contribution in [1.82, 2.24) is 0 Å². The molecule has 0 aliphatic carbocycles. The second-order valence-corrected chi connectivity index (χ2v) is 6.26. The van der Waals surface area contributed by atoms with Gasteiger partial charge >= 0.3 is 0 Å². The summed E-state index contributed by atoms with van der Waals surface area (Å²) in [6.45, 7) is 4.38. The largest absolute Gasteiger partial charge is 0.496 e. The Kier molecular flexibility index (Phi) is 5.46. The molecule has 5 nitrogen and oxygen atoms in total. The van der Waals surface area contributed by atoms with Gasteiger partial charge in [-0.15, -0.1) is 0 Å². The number of carbonyl (C=O) groups is 1. The van der Waals surface area contributed by atoms with Gasteiger partial charge in [-0.25, -0.2) is 0 Å². The van der Waals surface area contributed by atoms with Crippen LogP contribution >= 0.6 is 0 Å². The Morgan fingerprint density at radius 3 is 2.81 bits per heavy atom. The molecule has 138 valence electrons. The number of benzene rings is 2. The van der Waals surface area contributed by atoms with Crippen LogP contribution in [0.2, 0.25) is 0 Å². The maximum atomic E-state index is 12.9. The molecular weight excluding hydrogens is 342 g/mol. The second kappa shape index (κ2) is 7.96. The van der Waals surface area contributed by atoms with E-state index >= 15 is 0 Å². The van der Waals surface area contributed by atoms with E-state index in [1.807, 2.05) is 32.0 Å². The number of rotatable bonds is 6. The lowest BCUT2D eigenvalue weighted by Gasteiger charge is -2.11. The molecule has 1 atom stereocenters. The molecule has 0 saturated heterocycles. The van der Waals surface area contributed by atoms with Gasteiger partial charge in [0.1, 0.15) is 35.0 Å². The number of carbonyl (C=O) groups excluding carboxylic acids is 1. The fraction of sp³-hybridized carbons (Fsp3) is 0.273. The molecule has 0 N–H and O–H groups in total. The van der Waals surface area contributed by atoms with Crippen molar-refractivity contribution in [3.8, 4) is 23.3 Å². The Balaban J connectivity index is 2.04. The first-order chi connectivity index (χ1) is 13.1. The van der Waals surface area contributed by atoms with Crippen LogP contribution in [0.3, 0.4) is 0 Å². The van der Waals surface area contributed by atoms with E-state index in [9.17, 15) is 10.1 Å². The summed E-state index contributed by atoms with van der Waals surface area (Å²) in [4.78, 5) is 12.9. The molecule has 0 unspecified atom stereocenters. The van der Waals surface area contributed by atoms with Crippen LogP contribution in [0.15, 0.2) is 42.0 Å². The van der Waals surface area contributed by atoms with E-state index < -0.39 is 5.78 Å². The molecule has 27 heavy (non-hydrogen) atoms. The topological polar surface area (TPSA) is 68.5 Å². The Hall–Kier alpha value is -3.26. The van der Waals surface area contributed by atoms with Gasteiger partial charge in [0.05, 0.1) is 19.3 Å². The van der Waals surface area contributed by atoms with Crippen LogP contribution in [0.4, 0.5) is 0 Å². The lowest BCUT2D eigenvalue weighted by molar-refractivity contribution is 0.103. The van der Waals surface area contributed by atoms with Crippen LogP contribution in [-0.2, 0) is 6.42 Å². The summed E-state index contributed by atoms with van der Waals surface area (Å²) in [5.74, 6) is 1.43. The molecule has 0 saturated carbocycles. The smallest absolute Gasteiger partial charge is 0.207 e. The quantitative estimate of drug-likeness (QED) is 0.437. The van der Waals surface area contributed by atoms with Crippen molar-refractivity contribution >= 4 is 11.9 Å². The zero-order valence-corrected chi connectivity index (χ0v) is 15.6. The average Bonchev–Trinajstić information content (AvgIpc) is 3.04. The first-order valence-corrected chi connectivity index (χ1v) is 8.83. The molecule has 0 amide bonds. The number of ketones is 1. The Morgan fingerprint density at radius 2 is 2.11 bits per heavy atom. The summed E-state index contributed by atoms with van der Waals surface area (Å²) >= 11 is 0. The zero-order chi connectivity index (χ0) is 19.4. The van der Waals surface area contributed by atoms with Gasteiger partial charge in [0.15, 0.2) is 0 Å². The molecule has 0 aromatic heterocycles. The van der Waals surface area contributed by atoms with Gasteiger partial charge in [-0.2, -0.15) is 5.26 Å². The van der Waals surface area contributed by atoms with Crippen molar-refractivity contribution in [2.45, 2.75) is 26.4 Å². The van der Waals surface area contributed by atoms with E-state index in [-0.39, 0.29) is 11.7 Å². The predicted molar refractivity (Wildman–Crippen MR) is 102 cm³/mol. The Labute approximate surface area is 158 Å². The summed E-state index contributed by atoms with van der Waals surface area (Å²) in [5, 5.41) is 9.59. The highest BCUT2D eigenvalue weighted by Crippen LogP contribution is 2.36. The molecule has 3 rings (SSSR count).